The summed E-state index contributed by atoms with van der Waals surface area (Å²) in [6, 6.07) is 6.91. The number of aryl methyl sites for hydroxylation is 2. The molecule has 0 heterocycles. The zero-order valence-electron chi connectivity index (χ0n) is 11.1. The average Bonchev–Trinajstić information content (AvgIpc) is 2.32. The normalized spacial score (nSPS) is 10.6. The highest BCUT2D eigenvalue weighted by Gasteiger charge is 2.10. The first-order valence-electron chi connectivity index (χ1n) is 5.88. The molecular formula is C15H15FINO. The Labute approximate surface area is 125 Å². The molecule has 0 fully saturated rings. The quantitative estimate of drug-likeness (QED) is 0.612. The summed E-state index contributed by atoms with van der Waals surface area (Å²) >= 11 is 1.90. The molecule has 0 bridgehead atoms. The monoisotopic (exact) mass is 371 g/mol. The van der Waals surface area contributed by atoms with E-state index in [0.717, 1.165) is 16.7 Å². The SMILES string of the molecule is Cc1cc(C)c(C)c(Oc2cc(F)c(I)cc2N)c1. The summed E-state index contributed by atoms with van der Waals surface area (Å²) in [6.07, 6.45) is 0. The van der Waals surface area contributed by atoms with Crippen molar-refractivity contribution in [1.29, 1.82) is 0 Å². The Morgan fingerprint density at radius 2 is 1.74 bits per heavy atom. The van der Waals surface area contributed by atoms with E-state index >= 15 is 0 Å². The number of rotatable bonds is 2. The van der Waals surface area contributed by atoms with E-state index in [1.54, 1.807) is 6.07 Å². The molecule has 2 rings (SSSR count). The minimum absolute atomic E-state index is 0.327. The molecule has 2 nitrogen and oxygen atoms in total. The number of benzene rings is 2. The van der Waals surface area contributed by atoms with E-state index < -0.39 is 0 Å². The van der Waals surface area contributed by atoms with Crippen molar-refractivity contribution in [2.24, 2.45) is 0 Å². The number of halogens is 2. The van der Waals surface area contributed by atoms with Crippen molar-refractivity contribution in [1.82, 2.24) is 0 Å². The number of hydrogen-bond acceptors (Lipinski definition) is 2. The second kappa shape index (κ2) is 5.36. The minimum atomic E-state index is -0.327. The minimum Gasteiger partial charge on any atom is -0.455 e. The second-order valence-electron chi connectivity index (χ2n) is 4.61. The van der Waals surface area contributed by atoms with Gasteiger partial charge in [0.05, 0.1) is 9.26 Å². The molecule has 0 atom stereocenters. The highest BCUT2D eigenvalue weighted by Crippen LogP contribution is 2.33. The maximum Gasteiger partial charge on any atom is 0.153 e. The summed E-state index contributed by atoms with van der Waals surface area (Å²) in [4.78, 5) is 0. The summed E-state index contributed by atoms with van der Waals surface area (Å²) in [5.74, 6) is 0.739. The molecule has 0 spiro atoms. The number of nitrogens with two attached hydrogens (primary N) is 1. The van der Waals surface area contributed by atoms with Gasteiger partial charge in [-0.3, -0.25) is 0 Å². The highest BCUT2D eigenvalue weighted by atomic mass is 127. The molecule has 0 aliphatic carbocycles. The molecule has 0 saturated heterocycles. The maximum atomic E-state index is 13.6. The average molecular weight is 371 g/mol. The Hall–Kier alpha value is -1.30. The summed E-state index contributed by atoms with van der Waals surface area (Å²) < 4.78 is 19.8. The molecule has 19 heavy (non-hydrogen) atoms. The Balaban J connectivity index is 2.44. The van der Waals surface area contributed by atoms with Crippen molar-refractivity contribution < 1.29 is 9.13 Å². The van der Waals surface area contributed by atoms with Gasteiger partial charge in [-0.1, -0.05) is 6.07 Å². The molecule has 2 aromatic rings. The van der Waals surface area contributed by atoms with Crippen molar-refractivity contribution in [3.05, 3.63) is 50.3 Å². The van der Waals surface area contributed by atoms with Crippen LogP contribution >= 0.6 is 22.6 Å². The predicted molar refractivity (Wildman–Crippen MR) is 84.3 cm³/mol. The van der Waals surface area contributed by atoms with Crippen LogP contribution in [0.2, 0.25) is 0 Å². The first kappa shape index (κ1) is 14.1. The maximum absolute atomic E-state index is 13.6. The summed E-state index contributed by atoms with van der Waals surface area (Å²) in [5.41, 5.74) is 9.57. The van der Waals surface area contributed by atoms with Gasteiger partial charge in [0.1, 0.15) is 11.6 Å². The number of anilines is 1. The van der Waals surface area contributed by atoms with Gasteiger partial charge in [-0.2, -0.15) is 0 Å². The molecule has 0 radical (unpaired) electrons. The fourth-order valence-corrected chi connectivity index (χ4v) is 2.35. The number of ether oxygens (including phenoxy) is 1. The second-order valence-corrected chi connectivity index (χ2v) is 5.77. The van der Waals surface area contributed by atoms with Crippen LogP contribution in [0.15, 0.2) is 24.3 Å². The largest absolute Gasteiger partial charge is 0.455 e. The molecule has 100 valence electrons. The lowest BCUT2D eigenvalue weighted by Crippen LogP contribution is -1.97. The lowest BCUT2D eigenvalue weighted by Gasteiger charge is -2.14. The Morgan fingerprint density at radius 1 is 1.05 bits per heavy atom. The van der Waals surface area contributed by atoms with Gasteiger partial charge in [-0.15, -0.1) is 0 Å². The van der Waals surface area contributed by atoms with Gasteiger partial charge < -0.3 is 10.5 Å². The van der Waals surface area contributed by atoms with Gasteiger partial charge >= 0.3 is 0 Å². The van der Waals surface area contributed by atoms with Crippen LogP contribution in [0.4, 0.5) is 10.1 Å². The number of nitrogen functional groups attached to an aromatic ring is 1. The van der Waals surface area contributed by atoms with Crippen LogP contribution in [-0.4, -0.2) is 0 Å². The molecule has 0 amide bonds. The zero-order valence-corrected chi connectivity index (χ0v) is 13.2. The van der Waals surface area contributed by atoms with Crippen LogP contribution in [0.1, 0.15) is 16.7 Å². The third kappa shape index (κ3) is 3.00. The van der Waals surface area contributed by atoms with Gasteiger partial charge in [-0.05, 0) is 72.2 Å². The fourth-order valence-electron chi connectivity index (χ4n) is 1.86. The van der Waals surface area contributed by atoms with Gasteiger partial charge in [0.15, 0.2) is 5.75 Å². The number of hydrogen-bond donors (Lipinski definition) is 1. The lowest BCUT2D eigenvalue weighted by molar-refractivity contribution is 0.474. The van der Waals surface area contributed by atoms with E-state index in [0.29, 0.717) is 20.8 Å². The third-order valence-electron chi connectivity index (χ3n) is 3.04. The third-order valence-corrected chi connectivity index (χ3v) is 3.86. The van der Waals surface area contributed by atoms with E-state index in [-0.39, 0.29) is 5.82 Å². The van der Waals surface area contributed by atoms with Crippen molar-refractivity contribution >= 4 is 28.3 Å². The van der Waals surface area contributed by atoms with E-state index in [4.69, 9.17) is 10.5 Å². The van der Waals surface area contributed by atoms with E-state index in [1.165, 1.54) is 6.07 Å². The van der Waals surface area contributed by atoms with E-state index in [9.17, 15) is 4.39 Å². The van der Waals surface area contributed by atoms with Crippen molar-refractivity contribution in [2.75, 3.05) is 5.73 Å². The smallest absolute Gasteiger partial charge is 0.153 e. The Bertz CT molecular complexity index is 641. The van der Waals surface area contributed by atoms with Gasteiger partial charge in [0.2, 0.25) is 0 Å². The molecule has 4 heteroatoms. The summed E-state index contributed by atoms with van der Waals surface area (Å²) in [5, 5.41) is 0. The summed E-state index contributed by atoms with van der Waals surface area (Å²) in [6.45, 7) is 5.99. The summed E-state index contributed by atoms with van der Waals surface area (Å²) in [7, 11) is 0. The van der Waals surface area contributed by atoms with Gasteiger partial charge in [-0.25, -0.2) is 4.39 Å². The molecule has 2 aromatic carbocycles. The molecular weight excluding hydrogens is 356 g/mol. The van der Waals surface area contributed by atoms with Crippen LogP contribution in [0.3, 0.4) is 0 Å². The van der Waals surface area contributed by atoms with E-state index in [2.05, 4.69) is 6.07 Å². The molecule has 0 unspecified atom stereocenters. The van der Waals surface area contributed by atoms with Crippen molar-refractivity contribution in [3.63, 3.8) is 0 Å². The van der Waals surface area contributed by atoms with Crippen LogP contribution in [0.5, 0.6) is 11.5 Å². The highest BCUT2D eigenvalue weighted by molar-refractivity contribution is 14.1. The zero-order chi connectivity index (χ0) is 14.2. The van der Waals surface area contributed by atoms with Crippen LogP contribution < -0.4 is 10.5 Å². The predicted octanol–water partition coefficient (Wildman–Crippen LogP) is 4.73. The molecule has 0 aromatic heterocycles. The lowest BCUT2D eigenvalue weighted by atomic mass is 10.1. The first-order valence-corrected chi connectivity index (χ1v) is 6.96. The Kier molecular flexibility index (Phi) is 3.99. The van der Waals surface area contributed by atoms with Gasteiger partial charge in [0.25, 0.3) is 0 Å². The molecule has 0 aliphatic rings. The van der Waals surface area contributed by atoms with Gasteiger partial charge in [0, 0.05) is 6.07 Å². The first-order chi connectivity index (χ1) is 8.88. The molecule has 0 aliphatic heterocycles. The van der Waals surface area contributed by atoms with Crippen molar-refractivity contribution in [3.8, 4) is 11.5 Å². The van der Waals surface area contributed by atoms with Crippen LogP contribution in [0, 0.1) is 30.2 Å². The molecule has 0 saturated carbocycles. The topological polar surface area (TPSA) is 35.2 Å². The van der Waals surface area contributed by atoms with Crippen LogP contribution in [0.25, 0.3) is 0 Å². The standard InChI is InChI=1S/C15H15FINO/c1-8-4-9(2)10(3)14(5-8)19-15-6-11(16)12(17)7-13(15)18/h4-7H,18H2,1-3H3. The fraction of sp³-hybridized carbons (Fsp3) is 0.200. The Morgan fingerprint density at radius 3 is 2.42 bits per heavy atom. The van der Waals surface area contributed by atoms with Crippen LogP contribution in [-0.2, 0) is 0 Å². The van der Waals surface area contributed by atoms with E-state index in [1.807, 2.05) is 49.4 Å². The molecule has 2 N–H and O–H groups in total. The van der Waals surface area contributed by atoms with Crippen molar-refractivity contribution in [2.45, 2.75) is 20.8 Å².